The zero-order valence-corrected chi connectivity index (χ0v) is 16.7. The van der Waals surface area contributed by atoms with Gasteiger partial charge in [0.25, 0.3) is 5.97 Å². The molecule has 1 aliphatic carbocycles. The van der Waals surface area contributed by atoms with Gasteiger partial charge in [-0.25, -0.2) is 0 Å². The molecule has 0 radical (unpaired) electrons. The van der Waals surface area contributed by atoms with Crippen LogP contribution in [0.15, 0.2) is 30.3 Å². The van der Waals surface area contributed by atoms with Crippen molar-refractivity contribution in [2.45, 2.75) is 58.0 Å². The highest BCUT2D eigenvalue weighted by Crippen LogP contribution is 2.38. The van der Waals surface area contributed by atoms with Crippen molar-refractivity contribution in [1.82, 2.24) is 0 Å². The minimum absolute atomic E-state index is 0.168. The van der Waals surface area contributed by atoms with E-state index in [0.717, 1.165) is 62.6 Å². The maximum Gasteiger partial charge on any atom is 0.300 e. The first-order valence-electron chi connectivity index (χ1n) is 10.2. The van der Waals surface area contributed by atoms with E-state index in [4.69, 9.17) is 4.74 Å². The SMILES string of the molecule is CC[N+](C)(CC)CCCOC(=O)C([O-])(c1ccccc1)C1CCCCC1. The fourth-order valence-electron chi connectivity index (χ4n) is 3.97. The van der Waals surface area contributed by atoms with Crippen LogP contribution in [0.4, 0.5) is 0 Å². The van der Waals surface area contributed by atoms with Crippen LogP contribution < -0.4 is 5.11 Å². The van der Waals surface area contributed by atoms with Crippen molar-refractivity contribution in [3.63, 3.8) is 0 Å². The second-order valence-corrected chi connectivity index (χ2v) is 7.90. The molecule has 0 N–H and O–H groups in total. The van der Waals surface area contributed by atoms with Gasteiger partial charge in [-0.05, 0) is 25.3 Å². The van der Waals surface area contributed by atoms with Crippen molar-refractivity contribution >= 4 is 5.97 Å². The summed E-state index contributed by atoms with van der Waals surface area (Å²) in [5, 5.41) is 13.8. The summed E-state index contributed by atoms with van der Waals surface area (Å²) in [6.45, 7) is 7.76. The topological polar surface area (TPSA) is 49.4 Å². The highest BCUT2D eigenvalue weighted by molar-refractivity contribution is 5.81. The summed E-state index contributed by atoms with van der Waals surface area (Å²) in [4.78, 5) is 12.9. The second kappa shape index (κ2) is 9.52. The van der Waals surface area contributed by atoms with E-state index < -0.39 is 11.6 Å². The van der Waals surface area contributed by atoms with Crippen LogP contribution in [0.3, 0.4) is 0 Å². The number of carbonyl (C=O) groups excluding carboxylic acids is 1. The Bertz CT molecular complexity index is 550. The molecule has 146 valence electrons. The van der Waals surface area contributed by atoms with Gasteiger partial charge in [0.05, 0.1) is 33.3 Å². The quantitative estimate of drug-likeness (QED) is 0.385. The number of hydrogen-bond donors (Lipinski definition) is 0. The maximum atomic E-state index is 13.8. The van der Waals surface area contributed by atoms with Gasteiger partial charge in [-0.2, -0.15) is 0 Å². The number of ether oxygens (including phenoxy) is 1. The first kappa shape index (κ1) is 20.9. The van der Waals surface area contributed by atoms with Gasteiger partial charge in [0.2, 0.25) is 0 Å². The Morgan fingerprint density at radius 2 is 1.77 bits per heavy atom. The Labute approximate surface area is 158 Å². The van der Waals surface area contributed by atoms with Crippen molar-refractivity contribution in [3.05, 3.63) is 35.9 Å². The summed E-state index contributed by atoms with van der Waals surface area (Å²) in [6, 6.07) is 9.12. The minimum Gasteiger partial charge on any atom is -0.837 e. The van der Waals surface area contributed by atoms with Gasteiger partial charge in [0.15, 0.2) is 0 Å². The third kappa shape index (κ3) is 4.86. The Kier molecular flexibility index (Phi) is 7.66. The fourth-order valence-corrected chi connectivity index (χ4v) is 3.97. The molecule has 1 aromatic carbocycles. The molecule has 4 nitrogen and oxygen atoms in total. The number of esters is 1. The molecule has 26 heavy (non-hydrogen) atoms. The lowest BCUT2D eigenvalue weighted by atomic mass is 9.73. The van der Waals surface area contributed by atoms with E-state index in [1.807, 2.05) is 18.2 Å². The van der Waals surface area contributed by atoms with Gasteiger partial charge in [-0.1, -0.05) is 62.4 Å². The highest BCUT2D eigenvalue weighted by atomic mass is 16.5. The highest BCUT2D eigenvalue weighted by Gasteiger charge is 2.38. The first-order valence-corrected chi connectivity index (χ1v) is 10.2. The van der Waals surface area contributed by atoms with Crippen molar-refractivity contribution in [2.24, 2.45) is 5.92 Å². The van der Waals surface area contributed by atoms with Gasteiger partial charge in [-0.15, -0.1) is 0 Å². The number of benzene rings is 1. The molecule has 4 heteroatoms. The van der Waals surface area contributed by atoms with Crippen molar-refractivity contribution < 1.29 is 19.1 Å². The Balaban J connectivity index is 2.04. The van der Waals surface area contributed by atoms with Crippen molar-refractivity contribution in [2.75, 3.05) is 33.3 Å². The molecule has 0 aliphatic heterocycles. The van der Waals surface area contributed by atoms with Gasteiger partial charge in [0, 0.05) is 12.0 Å². The van der Waals surface area contributed by atoms with Gasteiger partial charge in [0.1, 0.15) is 0 Å². The number of rotatable bonds is 9. The second-order valence-electron chi connectivity index (χ2n) is 7.90. The molecular weight excluding hydrogens is 326 g/mol. The maximum absolute atomic E-state index is 13.8. The van der Waals surface area contributed by atoms with E-state index in [2.05, 4.69) is 20.9 Å². The number of quaternary nitrogens is 1. The lowest BCUT2D eigenvalue weighted by Gasteiger charge is -2.46. The third-order valence-corrected chi connectivity index (χ3v) is 6.29. The molecule has 2 rings (SSSR count). The fraction of sp³-hybridized carbons (Fsp3) is 0.682. The largest absolute Gasteiger partial charge is 0.837 e. The Morgan fingerprint density at radius 3 is 2.35 bits per heavy atom. The van der Waals surface area contributed by atoms with Crippen LogP contribution in [-0.2, 0) is 15.1 Å². The van der Waals surface area contributed by atoms with Gasteiger partial charge in [-0.3, -0.25) is 4.79 Å². The minimum atomic E-state index is -1.77. The first-order chi connectivity index (χ1) is 12.5. The molecule has 1 aliphatic rings. The normalized spacial score (nSPS) is 18.3. The molecule has 1 fully saturated rings. The monoisotopic (exact) mass is 361 g/mol. The molecule has 0 saturated heterocycles. The Morgan fingerprint density at radius 1 is 1.15 bits per heavy atom. The lowest BCUT2D eigenvalue weighted by Crippen LogP contribution is -2.55. The van der Waals surface area contributed by atoms with E-state index in [-0.39, 0.29) is 5.92 Å². The van der Waals surface area contributed by atoms with Crippen LogP contribution in [0.25, 0.3) is 0 Å². The summed E-state index contributed by atoms with van der Waals surface area (Å²) >= 11 is 0. The van der Waals surface area contributed by atoms with Gasteiger partial charge >= 0.3 is 0 Å². The molecule has 0 bridgehead atoms. The number of hydrogen-bond acceptors (Lipinski definition) is 3. The predicted molar refractivity (Wildman–Crippen MR) is 102 cm³/mol. The summed E-state index contributed by atoms with van der Waals surface area (Å²) < 4.78 is 6.50. The van der Waals surface area contributed by atoms with E-state index in [9.17, 15) is 9.90 Å². The summed E-state index contributed by atoms with van der Waals surface area (Å²) in [5.41, 5.74) is -1.21. The molecule has 1 saturated carbocycles. The van der Waals surface area contributed by atoms with Crippen LogP contribution >= 0.6 is 0 Å². The predicted octanol–water partition coefficient (Wildman–Crippen LogP) is 3.24. The van der Waals surface area contributed by atoms with E-state index in [1.165, 1.54) is 0 Å². The van der Waals surface area contributed by atoms with Crippen LogP contribution in [0.5, 0.6) is 0 Å². The standard InChI is InChI=1S/C22H35NO3/c1-4-23(3,5-2)17-12-18-26-21(24)22(25,19-13-8-6-9-14-19)20-15-10-7-11-16-20/h6,8-9,13-14,20H,4-5,7,10-12,15-18H2,1-3H3. The molecule has 1 unspecified atom stereocenters. The Hall–Kier alpha value is -1.39. The summed E-state index contributed by atoms with van der Waals surface area (Å²) in [7, 11) is 2.21. The lowest BCUT2D eigenvalue weighted by molar-refractivity contribution is -0.906. The molecule has 0 aromatic heterocycles. The zero-order valence-electron chi connectivity index (χ0n) is 16.7. The van der Waals surface area contributed by atoms with Crippen molar-refractivity contribution in [1.29, 1.82) is 0 Å². The number of nitrogens with zero attached hydrogens (tertiary/aromatic N) is 1. The molecule has 0 amide bonds. The summed E-state index contributed by atoms with van der Waals surface area (Å²) in [5.74, 6) is -0.753. The zero-order chi connectivity index (χ0) is 19.0. The summed E-state index contributed by atoms with van der Waals surface area (Å²) in [6.07, 6.45) is 5.62. The van der Waals surface area contributed by atoms with Gasteiger partial charge < -0.3 is 14.3 Å². The van der Waals surface area contributed by atoms with E-state index in [1.54, 1.807) is 12.1 Å². The van der Waals surface area contributed by atoms with Crippen LogP contribution in [-0.4, -0.2) is 43.7 Å². The number of carbonyl (C=O) groups is 1. The molecule has 0 heterocycles. The van der Waals surface area contributed by atoms with Crippen molar-refractivity contribution in [3.8, 4) is 0 Å². The van der Waals surface area contributed by atoms with Crippen LogP contribution in [0.1, 0.15) is 57.9 Å². The van der Waals surface area contributed by atoms with E-state index in [0.29, 0.717) is 12.2 Å². The molecule has 1 atom stereocenters. The van der Waals surface area contributed by atoms with E-state index >= 15 is 0 Å². The molecule has 1 aromatic rings. The molecular formula is C22H35NO3. The average molecular weight is 362 g/mol. The van der Waals surface area contributed by atoms with Crippen LogP contribution in [0.2, 0.25) is 0 Å². The molecule has 0 spiro atoms. The smallest absolute Gasteiger partial charge is 0.300 e. The third-order valence-electron chi connectivity index (χ3n) is 6.29. The average Bonchev–Trinajstić information content (AvgIpc) is 2.71. The van der Waals surface area contributed by atoms with Crippen LogP contribution in [0, 0.1) is 5.92 Å².